The molecule has 0 bridgehead atoms. The predicted molar refractivity (Wildman–Crippen MR) is 85.1 cm³/mol. The van der Waals surface area contributed by atoms with Crippen molar-refractivity contribution in [1.82, 2.24) is 4.31 Å². The lowest BCUT2D eigenvalue weighted by atomic mass is 9.93. The Kier molecular flexibility index (Phi) is 5.68. The number of carbonyl (C=O) groups is 1. The van der Waals surface area contributed by atoms with Crippen LogP contribution in [-0.2, 0) is 21.2 Å². The van der Waals surface area contributed by atoms with Crippen LogP contribution in [0.25, 0.3) is 0 Å². The summed E-state index contributed by atoms with van der Waals surface area (Å²) < 4.78 is 74.8. The summed E-state index contributed by atoms with van der Waals surface area (Å²) in [6.07, 6.45) is -4.60. The average Bonchev–Trinajstić information content (AvgIpc) is 2.54. The molecule has 0 amide bonds. The fourth-order valence-electron chi connectivity index (χ4n) is 2.58. The van der Waals surface area contributed by atoms with Crippen molar-refractivity contribution in [2.75, 3.05) is 13.1 Å². The zero-order valence-electron chi connectivity index (χ0n) is 13.3. The van der Waals surface area contributed by atoms with Gasteiger partial charge in [0.05, 0.1) is 11.3 Å². The molecule has 1 aromatic rings. The Morgan fingerprint density at radius 3 is 2.31 bits per heavy atom. The maximum absolute atomic E-state index is 13.3. The molecule has 1 aliphatic rings. The van der Waals surface area contributed by atoms with Crippen molar-refractivity contribution in [3.63, 3.8) is 0 Å². The van der Waals surface area contributed by atoms with Gasteiger partial charge in [0, 0.05) is 19.0 Å². The smallest absolute Gasteiger partial charge is 0.381 e. The molecule has 1 saturated heterocycles. The minimum Gasteiger partial charge on any atom is -0.381 e. The molecular weight excluding hydrogens is 380 g/mol. The first-order valence-corrected chi connectivity index (χ1v) is 8.93. The molecule has 0 unspecified atom stereocenters. The summed E-state index contributed by atoms with van der Waals surface area (Å²) in [4.78, 5) is 15.9. The maximum Gasteiger partial charge on any atom is 0.419 e. The lowest BCUT2D eigenvalue weighted by Gasteiger charge is -2.28. The molecule has 26 heavy (non-hydrogen) atoms. The first-order valence-electron chi connectivity index (χ1n) is 7.42. The van der Waals surface area contributed by atoms with E-state index in [0.717, 1.165) is 10.4 Å². The molecule has 144 valence electrons. The Balaban J connectivity index is 2.14. The third-order valence-electron chi connectivity index (χ3n) is 3.94. The van der Waals surface area contributed by atoms with Crippen molar-refractivity contribution in [2.45, 2.75) is 19.0 Å². The van der Waals surface area contributed by atoms with Crippen LogP contribution in [0.1, 0.15) is 18.4 Å². The molecular formula is C14H16F4N4O3S. The van der Waals surface area contributed by atoms with Gasteiger partial charge in [-0.25, -0.2) is 14.5 Å². The molecule has 1 heterocycles. The fraction of sp³-hybridized carbons (Fsp3) is 0.429. The molecule has 0 radical (unpaired) electrons. The molecule has 0 spiro atoms. The van der Waals surface area contributed by atoms with Crippen LogP contribution in [-0.4, -0.2) is 37.4 Å². The summed E-state index contributed by atoms with van der Waals surface area (Å²) in [6.45, 7) is 0.0502. The Labute approximate surface area is 146 Å². The summed E-state index contributed by atoms with van der Waals surface area (Å²) >= 11 is 0. The molecule has 1 aromatic carbocycles. The number of alkyl halides is 3. The van der Waals surface area contributed by atoms with Gasteiger partial charge in [-0.1, -0.05) is 0 Å². The summed E-state index contributed by atoms with van der Waals surface area (Å²) in [5, 5.41) is 5.00. The van der Waals surface area contributed by atoms with Crippen molar-refractivity contribution in [3.8, 4) is 0 Å². The van der Waals surface area contributed by atoms with Crippen LogP contribution in [0.4, 0.5) is 23.2 Å². The van der Waals surface area contributed by atoms with Crippen LogP contribution < -0.4 is 10.9 Å². The second-order valence-electron chi connectivity index (χ2n) is 5.74. The van der Waals surface area contributed by atoms with Gasteiger partial charge in [-0.3, -0.25) is 4.79 Å². The van der Waals surface area contributed by atoms with Crippen LogP contribution in [0.15, 0.2) is 23.2 Å². The first kappa shape index (κ1) is 20.3. The third kappa shape index (κ3) is 4.77. The van der Waals surface area contributed by atoms with Crippen LogP contribution in [0.2, 0.25) is 0 Å². The second-order valence-corrected chi connectivity index (χ2v) is 7.29. The minimum atomic E-state index is -4.91. The minimum absolute atomic E-state index is 0.0251. The topological polar surface area (TPSA) is 119 Å². The van der Waals surface area contributed by atoms with Gasteiger partial charge in [0.2, 0.25) is 5.78 Å². The lowest BCUT2D eigenvalue weighted by Crippen LogP contribution is -2.45. The van der Waals surface area contributed by atoms with Crippen molar-refractivity contribution in [2.24, 2.45) is 21.8 Å². The Morgan fingerprint density at radius 1 is 1.23 bits per heavy atom. The SMILES string of the molecule is NC(=Nc1ccc(F)c(C(F)(F)F)c1)C(=O)C1CCN(S(N)(=O)=O)CC1. The number of nitrogens with two attached hydrogens (primary N) is 2. The molecule has 12 heteroatoms. The van der Waals surface area contributed by atoms with Gasteiger partial charge in [0.25, 0.3) is 10.2 Å². The van der Waals surface area contributed by atoms with Crippen molar-refractivity contribution < 1.29 is 30.8 Å². The number of ketones is 1. The molecule has 1 aliphatic heterocycles. The Hall–Kier alpha value is -2.05. The number of aliphatic imine (C=N–C) groups is 1. The molecule has 0 atom stereocenters. The number of rotatable bonds is 4. The van der Waals surface area contributed by atoms with E-state index in [2.05, 4.69) is 4.99 Å². The van der Waals surface area contributed by atoms with Crippen LogP contribution in [0.5, 0.6) is 0 Å². The highest BCUT2D eigenvalue weighted by atomic mass is 32.2. The number of hydrogen-bond acceptors (Lipinski definition) is 4. The van der Waals surface area contributed by atoms with Gasteiger partial charge in [-0.15, -0.1) is 0 Å². The largest absolute Gasteiger partial charge is 0.419 e. The molecule has 0 aliphatic carbocycles. The van der Waals surface area contributed by atoms with Gasteiger partial charge < -0.3 is 5.73 Å². The summed E-state index contributed by atoms with van der Waals surface area (Å²) in [5.41, 5.74) is 3.74. The number of benzene rings is 1. The second kappa shape index (κ2) is 7.29. The average molecular weight is 396 g/mol. The predicted octanol–water partition coefficient (Wildman–Crippen LogP) is 1.32. The van der Waals surface area contributed by atoms with E-state index in [9.17, 15) is 30.8 Å². The van der Waals surface area contributed by atoms with E-state index in [0.29, 0.717) is 12.1 Å². The number of carbonyl (C=O) groups excluding carboxylic acids is 1. The number of amidine groups is 1. The van der Waals surface area contributed by atoms with Gasteiger partial charge in [-0.05, 0) is 31.0 Å². The molecule has 1 fully saturated rings. The summed E-state index contributed by atoms with van der Waals surface area (Å²) in [7, 11) is -3.85. The quantitative estimate of drug-likeness (QED) is 0.453. The van der Waals surface area contributed by atoms with E-state index in [1.54, 1.807) is 0 Å². The maximum atomic E-state index is 13.3. The van der Waals surface area contributed by atoms with E-state index in [4.69, 9.17) is 10.9 Å². The monoisotopic (exact) mass is 396 g/mol. The van der Waals surface area contributed by atoms with E-state index < -0.39 is 45.3 Å². The van der Waals surface area contributed by atoms with E-state index in [1.165, 1.54) is 0 Å². The van der Waals surface area contributed by atoms with Gasteiger partial charge >= 0.3 is 6.18 Å². The molecule has 7 nitrogen and oxygen atoms in total. The number of piperidine rings is 1. The van der Waals surface area contributed by atoms with Crippen molar-refractivity contribution in [3.05, 3.63) is 29.6 Å². The number of Topliss-reactive ketones (excluding diaryl/α,β-unsaturated/α-hetero) is 1. The molecule has 0 aromatic heterocycles. The fourth-order valence-corrected chi connectivity index (χ4v) is 3.30. The van der Waals surface area contributed by atoms with E-state index in [-0.39, 0.29) is 31.6 Å². The molecule has 4 N–H and O–H groups in total. The van der Waals surface area contributed by atoms with E-state index >= 15 is 0 Å². The van der Waals surface area contributed by atoms with Gasteiger partial charge in [-0.2, -0.15) is 25.9 Å². The zero-order valence-corrected chi connectivity index (χ0v) is 14.1. The van der Waals surface area contributed by atoms with Crippen molar-refractivity contribution in [1.29, 1.82) is 0 Å². The highest BCUT2D eigenvalue weighted by Gasteiger charge is 2.34. The lowest BCUT2D eigenvalue weighted by molar-refractivity contribution is -0.139. The highest BCUT2D eigenvalue weighted by molar-refractivity contribution is 7.86. The standard InChI is InChI=1S/C14H16F4N4O3S/c15-11-2-1-9(7-10(11)14(16,17)18)21-13(19)12(23)8-3-5-22(6-4-8)26(20,24)25/h1-2,7-8H,3-6H2,(H2,19,21)(H2,20,24,25). The number of nitrogens with zero attached hydrogens (tertiary/aromatic N) is 2. The highest BCUT2D eigenvalue weighted by Crippen LogP contribution is 2.33. The summed E-state index contributed by atoms with van der Waals surface area (Å²) in [5.74, 6) is -3.23. The van der Waals surface area contributed by atoms with Crippen LogP contribution in [0, 0.1) is 11.7 Å². The summed E-state index contributed by atoms with van der Waals surface area (Å²) in [6, 6.07) is 2.01. The number of halogens is 4. The van der Waals surface area contributed by atoms with Crippen LogP contribution in [0.3, 0.4) is 0 Å². The normalized spacial score (nSPS) is 18.1. The Bertz CT molecular complexity index is 831. The van der Waals surface area contributed by atoms with Crippen molar-refractivity contribution >= 4 is 27.5 Å². The third-order valence-corrected chi connectivity index (χ3v) is 5.03. The Morgan fingerprint density at radius 2 is 1.81 bits per heavy atom. The van der Waals surface area contributed by atoms with Gasteiger partial charge in [0.15, 0.2) is 5.84 Å². The first-order chi connectivity index (χ1) is 11.9. The van der Waals surface area contributed by atoms with E-state index in [1.807, 2.05) is 0 Å². The van der Waals surface area contributed by atoms with Crippen LogP contribution >= 0.6 is 0 Å². The number of hydrogen-bond donors (Lipinski definition) is 2. The molecule has 0 saturated carbocycles. The zero-order chi connectivity index (χ0) is 19.7. The van der Waals surface area contributed by atoms with Gasteiger partial charge in [0.1, 0.15) is 5.82 Å². The molecule has 2 rings (SSSR count).